The molecule has 2 heterocycles. The Hall–Kier alpha value is -2.52. The van der Waals surface area contributed by atoms with Gasteiger partial charge in [0.2, 0.25) is 0 Å². The third kappa shape index (κ3) is 2.43. The molecular formula is C19H16ClN3. The van der Waals surface area contributed by atoms with Crippen LogP contribution in [-0.4, -0.2) is 14.3 Å². The highest BCUT2D eigenvalue weighted by molar-refractivity contribution is 6.31. The summed E-state index contributed by atoms with van der Waals surface area (Å²) in [6, 6.07) is 16.4. The lowest BCUT2D eigenvalue weighted by atomic mass is 10.2. The second-order valence-corrected chi connectivity index (χ2v) is 6.24. The third-order valence-corrected chi connectivity index (χ3v) is 4.31. The summed E-state index contributed by atoms with van der Waals surface area (Å²) in [5.74, 6) is 0. The largest absolute Gasteiger partial charge is 0.311 e. The van der Waals surface area contributed by atoms with Crippen molar-refractivity contribution in [2.75, 3.05) is 0 Å². The highest BCUT2D eigenvalue weighted by Crippen LogP contribution is 2.26. The van der Waals surface area contributed by atoms with Crippen LogP contribution in [0.4, 0.5) is 0 Å². The number of hydrogen-bond acceptors (Lipinski definition) is 1. The monoisotopic (exact) mass is 321 g/mol. The Morgan fingerprint density at radius 3 is 2.48 bits per heavy atom. The van der Waals surface area contributed by atoms with E-state index in [2.05, 4.69) is 53.8 Å². The van der Waals surface area contributed by atoms with E-state index in [1.807, 2.05) is 35.3 Å². The van der Waals surface area contributed by atoms with Gasteiger partial charge in [0.05, 0.1) is 29.3 Å². The van der Waals surface area contributed by atoms with Crippen molar-refractivity contribution in [3.8, 4) is 11.4 Å². The van der Waals surface area contributed by atoms with Crippen LogP contribution in [0.15, 0.2) is 60.9 Å². The van der Waals surface area contributed by atoms with Gasteiger partial charge in [0, 0.05) is 16.1 Å². The third-order valence-electron chi connectivity index (χ3n) is 4.08. The molecule has 23 heavy (non-hydrogen) atoms. The lowest BCUT2D eigenvalue weighted by Gasteiger charge is -2.05. The van der Waals surface area contributed by atoms with Crippen LogP contribution in [0, 0.1) is 13.8 Å². The van der Waals surface area contributed by atoms with E-state index < -0.39 is 0 Å². The number of benzene rings is 2. The van der Waals surface area contributed by atoms with Gasteiger partial charge in [-0.1, -0.05) is 35.4 Å². The summed E-state index contributed by atoms with van der Waals surface area (Å²) in [6.07, 6.45) is 3.92. The lowest BCUT2D eigenvalue weighted by Crippen LogP contribution is -1.96. The molecule has 0 aliphatic rings. The van der Waals surface area contributed by atoms with E-state index in [4.69, 9.17) is 11.6 Å². The SMILES string of the molecule is Cc1ccc(-n2cc(-n3c(C)cc4ccc(Cl)cc43)cn2)cc1. The first-order valence-corrected chi connectivity index (χ1v) is 7.89. The van der Waals surface area contributed by atoms with Crippen LogP contribution in [0.5, 0.6) is 0 Å². The van der Waals surface area contributed by atoms with E-state index in [-0.39, 0.29) is 0 Å². The zero-order valence-corrected chi connectivity index (χ0v) is 13.7. The van der Waals surface area contributed by atoms with Crippen LogP contribution < -0.4 is 0 Å². The van der Waals surface area contributed by atoms with Gasteiger partial charge < -0.3 is 4.57 Å². The Morgan fingerprint density at radius 2 is 1.70 bits per heavy atom. The minimum atomic E-state index is 0.739. The summed E-state index contributed by atoms with van der Waals surface area (Å²) in [5.41, 5.74) is 5.57. The first kappa shape index (κ1) is 14.1. The first-order chi connectivity index (χ1) is 11.1. The molecule has 3 nitrogen and oxygen atoms in total. The number of hydrogen-bond donors (Lipinski definition) is 0. The number of aryl methyl sites for hydroxylation is 2. The Labute approximate surface area is 139 Å². The smallest absolute Gasteiger partial charge is 0.0845 e. The summed E-state index contributed by atoms with van der Waals surface area (Å²) in [7, 11) is 0. The van der Waals surface area contributed by atoms with Gasteiger partial charge >= 0.3 is 0 Å². The van der Waals surface area contributed by atoms with Crippen LogP contribution in [0.3, 0.4) is 0 Å². The van der Waals surface area contributed by atoms with Crippen LogP contribution in [0.2, 0.25) is 5.02 Å². The van der Waals surface area contributed by atoms with E-state index in [1.165, 1.54) is 10.9 Å². The number of rotatable bonds is 2. The zero-order chi connectivity index (χ0) is 16.0. The molecule has 0 N–H and O–H groups in total. The van der Waals surface area contributed by atoms with Gasteiger partial charge in [-0.2, -0.15) is 5.10 Å². The molecule has 0 radical (unpaired) electrons. The van der Waals surface area contributed by atoms with Gasteiger partial charge in [-0.05, 0) is 44.2 Å². The van der Waals surface area contributed by atoms with Gasteiger partial charge in [0.25, 0.3) is 0 Å². The topological polar surface area (TPSA) is 22.8 Å². The van der Waals surface area contributed by atoms with Gasteiger partial charge in [0.15, 0.2) is 0 Å². The number of fused-ring (bicyclic) bond motifs is 1. The maximum absolute atomic E-state index is 6.17. The Bertz CT molecular complexity index is 993. The summed E-state index contributed by atoms with van der Waals surface area (Å²) < 4.78 is 4.07. The lowest BCUT2D eigenvalue weighted by molar-refractivity contribution is 0.879. The van der Waals surface area contributed by atoms with Crippen molar-refractivity contribution in [3.63, 3.8) is 0 Å². The number of aromatic nitrogens is 3. The van der Waals surface area contributed by atoms with Crippen LogP contribution >= 0.6 is 11.6 Å². The molecule has 0 aliphatic heterocycles. The van der Waals surface area contributed by atoms with Crippen molar-refractivity contribution in [1.82, 2.24) is 14.3 Å². The van der Waals surface area contributed by atoms with E-state index >= 15 is 0 Å². The summed E-state index contributed by atoms with van der Waals surface area (Å²) in [6.45, 7) is 4.18. The molecule has 0 fully saturated rings. The maximum Gasteiger partial charge on any atom is 0.0845 e. The fraction of sp³-hybridized carbons (Fsp3) is 0.105. The molecule has 0 amide bonds. The summed E-state index contributed by atoms with van der Waals surface area (Å²) in [4.78, 5) is 0. The molecule has 0 spiro atoms. The van der Waals surface area contributed by atoms with Crippen molar-refractivity contribution < 1.29 is 0 Å². The molecule has 4 rings (SSSR count). The predicted octanol–water partition coefficient (Wildman–Crippen LogP) is 5.09. The average Bonchev–Trinajstić information content (AvgIpc) is 3.11. The molecule has 4 heteroatoms. The Kier molecular flexibility index (Phi) is 3.24. The Morgan fingerprint density at radius 1 is 0.913 bits per heavy atom. The fourth-order valence-corrected chi connectivity index (χ4v) is 3.09. The van der Waals surface area contributed by atoms with Gasteiger partial charge in [0.1, 0.15) is 0 Å². The van der Waals surface area contributed by atoms with Crippen molar-refractivity contribution in [2.45, 2.75) is 13.8 Å². The molecule has 0 saturated heterocycles. The molecule has 4 aromatic rings. The van der Waals surface area contributed by atoms with Crippen molar-refractivity contribution in [2.24, 2.45) is 0 Å². The van der Waals surface area contributed by atoms with E-state index in [9.17, 15) is 0 Å². The molecular weight excluding hydrogens is 306 g/mol. The van der Waals surface area contributed by atoms with Crippen LogP contribution in [0.25, 0.3) is 22.3 Å². The van der Waals surface area contributed by atoms with Gasteiger partial charge in [-0.15, -0.1) is 0 Å². The normalized spacial score (nSPS) is 11.3. The highest BCUT2D eigenvalue weighted by Gasteiger charge is 2.10. The molecule has 0 saturated carbocycles. The van der Waals surface area contributed by atoms with Gasteiger partial charge in [-0.25, -0.2) is 4.68 Å². The van der Waals surface area contributed by atoms with Crippen LogP contribution in [0.1, 0.15) is 11.3 Å². The average molecular weight is 322 g/mol. The Balaban J connectivity index is 1.84. The standard InChI is InChI=1S/C19H16ClN3/c1-13-3-7-17(8-4-13)22-12-18(11-21-22)23-14(2)9-15-5-6-16(20)10-19(15)23/h3-12H,1-2H3. The van der Waals surface area contributed by atoms with Crippen molar-refractivity contribution in [3.05, 3.63) is 77.2 Å². The second-order valence-electron chi connectivity index (χ2n) is 5.80. The molecule has 0 aliphatic carbocycles. The molecule has 2 aromatic carbocycles. The predicted molar refractivity (Wildman–Crippen MR) is 94.9 cm³/mol. The van der Waals surface area contributed by atoms with Gasteiger partial charge in [-0.3, -0.25) is 0 Å². The van der Waals surface area contributed by atoms with E-state index in [0.717, 1.165) is 27.6 Å². The highest BCUT2D eigenvalue weighted by atomic mass is 35.5. The molecule has 0 bridgehead atoms. The summed E-state index contributed by atoms with van der Waals surface area (Å²) >= 11 is 6.17. The first-order valence-electron chi connectivity index (χ1n) is 7.51. The zero-order valence-electron chi connectivity index (χ0n) is 13.0. The van der Waals surface area contributed by atoms with Crippen molar-refractivity contribution >= 4 is 22.5 Å². The molecule has 0 unspecified atom stereocenters. The second kappa shape index (κ2) is 5.28. The molecule has 2 aromatic heterocycles. The van der Waals surface area contributed by atoms with E-state index in [0.29, 0.717) is 0 Å². The molecule has 114 valence electrons. The van der Waals surface area contributed by atoms with E-state index in [1.54, 1.807) is 0 Å². The quantitative estimate of drug-likeness (QED) is 0.504. The number of halogens is 1. The van der Waals surface area contributed by atoms with Crippen LogP contribution in [-0.2, 0) is 0 Å². The fourth-order valence-electron chi connectivity index (χ4n) is 2.92. The minimum absolute atomic E-state index is 0.739. The maximum atomic E-state index is 6.17. The van der Waals surface area contributed by atoms with Crippen molar-refractivity contribution in [1.29, 1.82) is 0 Å². The molecule has 0 atom stereocenters. The summed E-state index contributed by atoms with van der Waals surface area (Å²) in [5, 5.41) is 6.42. The number of nitrogens with zero attached hydrogens (tertiary/aromatic N) is 3. The minimum Gasteiger partial charge on any atom is -0.311 e.